The molecule has 6 nitrogen and oxygen atoms in total. The molecule has 3 heterocycles. The largest absolute Gasteiger partial charge is 0.340 e. The Balaban J connectivity index is 1.22. The molecule has 3 amide bonds. The van der Waals surface area contributed by atoms with E-state index in [2.05, 4.69) is 28.6 Å². The molecule has 0 bridgehead atoms. The van der Waals surface area contributed by atoms with Crippen LogP contribution in [0.5, 0.6) is 0 Å². The number of urea groups is 1. The van der Waals surface area contributed by atoms with Gasteiger partial charge in [-0.1, -0.05) is 31.2 Å². The molecule has 0 spiro atoms. The van der Waals surface area contributed by atoms with Crippen LogP contribution in [-0.4, -0.2) is 65.9 Å². The molecule has 2 aromatic carbocycles. The van der Waals surface area contributed by atoms with Crippen molar-refractivity contribution in [1.29, 1.82) is 0 Å². The molecule has 194 valence electrons. The summed E-state index contributed by atoms with van der Waals surface area (Å²) in [6, 6.07) is 16.4. The van der Waals surface area contributed by atoms with Gasteiger partial charge in [0.2, 0.25) is 5.91 Å². The normalized spacial score (nSPS) is 18.3. The number of fused-ring (bicyclic) bond motifs is 1. The Morgan fingerprint density at radius 1 is 1.00 bits per heavy atom. The minimum atomic E-state index is -0.265. The Labute approximate surface area is 221 Å². The van der Waals surface area contributed by atoms with Crippen LogP contribution in [0.3, 0.4) is 0 Å². The predicted molar refractivity (Wildman–Crippen MR) is 145 cm³/mol. The Hall–Kier alpha value is -3.23. The van der Waals surface area contributed by atoms with Crippen molar-refractivity contribution in [2.45, 2.75) is 32.2 Å². The van der Waals surface area contributed by atoms with Gasteiger partial charge in [-0.3, -0.25) is 9.69 Å². The third-order valence-electron chi connectivity index (χ3n) is 7.32. The average Bonchev–Trinajstić information content (AvgIpc) is 3.24. The van der Waals surface area contributed by atoms with Crippen molar-refractivity contribution in [2.24, 2.45) is 0 Å². The molecule has 0 aliphatic carbocycles. The fourth-order valence-electron chi connectivity index (χ4n) is 5.28. The molecule has 3 aromatic rings. The Morgan fingerprint density at radius 3 is 2.57 bits per heavy atom. The molecule has 5 rings (SSSR count). The van der Waals surface area contributed by atoms with Crippen molar-refractivity contribution in [3.05, 3.63) is 87.4 Å². The van der Waals surface area contributed by atoms with Gasteiger partial charge in [-0.05, 0) is 71.7 Å². The quantitative estimate of drug-likeness (QED) is 0.506. The standard InChI is InChI=1S/C29H33FN4O2S/c1-2-21-7-9-24(10-8-21)31-29(36)33-14-4-13-32(16-17-33)27(35)20-34-15-11-26-25(12-18-37-26)28(34)22-5-3-6-23(30)19-22/h3,5-10,12,18-19,28H,2,4,11,13-17,20H2,1H3,(H,31,36). The molecular formula is C29H33FN4O2S. The fraction of sp³-hybridized carbons (Fsp3) is 0.379. The van der Waals surface area contributed by atoms with Crippen LogP contribution in [0, 0.1) is 5.82 Å². The third-order valence-corrected chi connectivity index (χ3v) is 8.31. The topological polar surface area (TPSA) is 55.9 Å². The number of hydrogen-bond acceptors (Lipinski definition) is 4. The van der Waals surface area contributed by atoms with Gasteiger partial charge in [0.15, 0.2) is 0 Å². The number of nitrogens with one attached hydrogen (secondary N) is 1. The highest BCUT2D eigenvalue weighted by atomic mass is 32.1. The monoisotopic (exact) mass is 520 g/mol. The van der Waals surface area contributed by atoms with Crippen LogP contribution < -0.4 is 5.32 Å². The summed E-state index contributed by atoms with van der Waals surface area (Å²) in [5.74, 6) is -0.212. The van der Waals surface area contributed by atoms with Gasteiger partial charge >= 0.3 is 6.03 Å². The molecule has 1 N–H and O–H groups in total. The van der Waals surface area contributed by atoms with E-state index in [1.54, 1.807) is 28.4 Å². The fourth-order valence-corrected chi connectivity index (χ4v) is 6.18. The van der Waals surface area contributed by atoms with E-state index < -0.39 is 0 Å². The van der Waals surface area contributed by atoms with Gasteiger partial charge in [0.05, 0.1) is 12.6 Å². The van der Waals surface area contributed by atoms with Crippen LogP contribution >= 0.6 is 11.3 Å². The number of carbonyl (C=O) groups excluding carboxylic acids is 2. The van der Waals surface area contributed by atoms with Crippen LogP contribution in [-0.2, 0) is 17.6 Å². The summed E-state index contributed by atoms with van der Waals surface area (Å²) in [4.78, 5) is 33.4. The van der Waals surface area contributed by atoms with Gasteiger partial charge < -0.3 is 15.1 Å². The number of hydrogen-bond donors (Lipinski definition) is 1. The number of nitrogens with zero attached hydrogens (tertiary/aromatic N) is 3. The van der Waals surface area contributed by atoms with E-state index in [9.17, 15) is 14.0 Å². The molecule has 1 fully saturated rings. The van der Waals surface area contributed by atoms with E-state index in [1.165, 1.54) is 22.1 Å². The summed E-state index contributed by atoms with van der Waals surface area (Å²) in [7, 11) is 0. The molecule has 8 heteroatoms. The first-order valence-electron chi connectivity index (χ1n) is 13.0. The number of benzene rings is 2. The molecule has 0 radical (unpaired) electrons. The molecule has 1 saturated heterocycles. The molecule has 2 aliphatic heterocycles. The van der Waals surface area contributed by atoms with Gasteiger partial charge in [-0.25, -0.2) is 9.18 Å². The van der Waals surface area contributed by atoms with Gasteiger partial charge in [0, 0.05) is 43.3 Å². The molecule has 1 atom stereocenters. The highest BCUT2D eigenvalue weighted by Crippen LogP contribution is 2.37. The lowest BCUT2D eigenvalue weighted by molar-refractivity contribution is -0.132. The summed E-state index contributed by atoms with van der Waals surface area (Å²) >= 11 is 1.73. The first-order chi connectivity index (χ1) is 18.0. The van der Waals surface area contributed by atoms with E-state index in [1.807, 2.05) is 35.2 Å². The van der Waals surface area contributed by atoms with E-state index in [-0.39, 0.29) is 30.3 Å². The highest BCUT2D eigenvalue weighted by Gasteiger charge is 2.32. The van der Waals surface area contributed by atoms with Crippen molar-refractivity contribution >= 4 is 29.0 Å². The van der Waals surface area contributed by atoms with Gasteiger partial charge in [-0.2, -0.15) is 0 Å². The number of rotatable bonds is 5. The summed E-state index contributed by atoms with van der Waals surface area (Å²) in [5.41, 5.74) is 4.05. The second-order valence-corrected chi connectivity index (χ2v) is 10.7. The van der Waals surface area contributed by atoms with Gasteiger partial charge in [0.1, 0.15) is 5.82 Å². The van der Waals surface area contributed by atoms with E-state index in [0.29, 0.717) is 26.2 Å². The maximum atomic E-state index is 14.1. The number of thiophene rings is 1. The maximum Gasteiger partial charge on any atom is 0.321 e. The first-order valence-corrected chi connectivity index (χ1v) is 13.9. The van der Waals surface area contributed by atoms with Crippen molar-refractivity contribution in [3.8, 4) is 0 Å². The van der Waals surface area contributed by atoms with E-state index in [0.717, 1.165) is 37.1 Å². The molecule has 2 aliphatic rings. The van der Waals surface area contributed by atoms with Crippen molar-refractivity contribution in [1.82, 2.24) is 14.7 Å². The molecule has 1 unspecified atom stereocenters. The predicted octanol–water partition coefficient (Wildman–Crippen LogP) is 5.16. The van der Waals surface area contributed by atoms with Gasteiger partial charge in [0.25, 0.3) is 0 Å². The number of carbonyl (C=O) groups is 2. The van der Waals surface area contributed by atoms with Crippen molar-refractivity contribution in [2.75, 3.05) is 44.6 Å². The lowest BCUT2D eigenvalue weighted by Crippen LogP contribution is -2.45. The van der Waals surface area contributed by atoms with Gasteiger partial charge in [-0.15, -0.1) is 11.3 Å². The zero-order chi connectivity index (χ0) is 25.8. The minimum Gasteiger partial charge on any atom is -0.340 e. The smallest absolute Gasteiger partial charge is 0.321 e. The maximum absolute atomic E-state index is 14.1. The van der Waals surface area contributed by atoms with Crippen LogP contribution in [0.4, 0.5) is 14.9 Å². The summed E-state index contributed by atoms with van der Waals surface area (Å²) in [6.07, 6.45) is 2.58. The molecule has 37 heavy (non-hydrogen) atoms. The second-order valence-electron chi connectivity index (χ2n) is 9.68. The van der Waals surface area contributed by atoms with Crippen LogP contribution in [0.15, 0.2) is 60.0 Å². The second kappa shape index (κ2) is 11.4. The zero-order valence-electron chi connectivity index (χ0n) is 21.2. The van der Waals surface area contributed by atoms with Crippen LogP contribution in [0.2, 0.25) is 0 Å². The number of amides is 3. The average molecular weight is 521 g/mol. The lowest BCUT2D eigenvalue weighted by atomic mass is 9.93. The number of halogens is 1. The number of anilines is 1. The van der Waals surface area contributed by atoms with Crippen molar-refractivity contribution in [3.63, 3.8) is 0 Å². The number of aryl methyl sites for hydroxylation is 1. The Bertz CT molecular complexity index is 1240. The minimum absolute atomic E-state index is 0.0532. The van der Waals surface area contributed by atoms with E-state index in [4.69, 9.17) is 0 Å². The Morgan fingerprint density at radius 2 is 1.78 bits per heavy atom. The summed E-state index contributed by atoms with van der Waals surface area (Å²) in [6.45, 7) is 5.35. The van der Waals surface area contributed by atoms with E-state index >= 15 is 0 Å². The lowest BCUT2D eigenvalue weighted by Gasteiger charge is -2.37. The zero-order valence-corrected chi connectivity index (χ0v) is 22.0. The summed E-state index contributed by atoms with van der Waals surface area (Å²) < 4.78 is 14.1. The molecule has 1 aromatic heterocycles. The van der Waals surface area contributed by atoms with Crippen molar-refractivity contribution < 1.29 is 14.0 Å². The third kappa shape index (κ3) is 5.86. The molecular weight excluding hydrogens is 487 g/mol. The highest BCUT2D eigenvalue weighted by molar-refractivity contribution is 7.10. The first kappa shape index (κ1) is 25.4. The Kier molecular flexibility index (Phi) is 7.86. The summed E-state index contributed by atoms with van der Waals surface area (Å²) in [5, 5.41) is 5.06. The molecule has 0 saturated carbocycles. The van der Waals surface area contributed by atoms with Crippen LogP contribution in [0.25, 0.3) is 0 Å². The van der Waals surface area contributed by atoms with Crippen LogP contribution in [0.1, 0.15) is 41.0 Å². The SMILES string of the molecule is CCc1ccc(NC(=O)N2CCCN(C(=O)CN3CCc4sccc4C3c3cccc(F)c3)CC2)cc1.